The number of alkyl halides is 6. The van der Waals surface area contributed by atoms with Gasteiger partial charge < -0.3 is 9.72 Å². The molecular weight excluding hydrogens is 402 g/mol. The molecule has 0 saturated carbocycles. The van der Waals surface area contributed by atoms with Crippen molar-refractivity contribution < 1.29 is 31.1 Å². The Hall–Kier alpha value is -3.30. The van der Waals surface area contributed by atoms with Gasteiger partial charge in [-0.15, -0.1) is 0 Å². The summed E-state index contributed by atoms with van der Waals surface area (Å²) < 4.78 is 82.3. The maximum Gasteiger partial charge on any atom is 0.433 e. The predicted molar refractivity (Wildman–Crippen MR) is 91.1 cm³/mol. The second kappa shape index (κ2) is 7.61. The lowest BCUT2D eigenvalue weighted by atomic mass is 10.0. The molecule has 0 fully saturated rings. The number of nitrogens with zero attached hydrogens (tertiary/aromatic N) is 1. The zero-order valence-electron chi connectivity index (χ0n) is 14.4. The molecule has 0 atom stereocenters. The van der Waals surface area contributed by atoms with Gasteiger partial charge in [0.2, 0.25) is 5.56 Å². The van der Waals surface area contributed by atoms with Gasteiger partial charge >= 0.3 is 12.4 Å². The maximum atomic E-state index is 13.1. The second-order valence-electron chi connectivity index (χ2n) is 5.97. The number of benzene rings is 1. The van der Waals surface area contributed by atoms with Crippen LogP contribution in [0.2, 0.25) is 0 Å². The summed E-state index contributed by atoms with van der Waals surface area (Å²) in [7, 11) is 0. The summed E-state index contributed by atoms with van der Waals surface area (Å²) in [6.07, 6.45) is -8.24. The largest absolute Gasteiger partial charge is 0.489 e. The van der Waals surface area contributed by atoms with Crippen molar-refractivity contribution >= 4 is 0 Å². The Morgan fingerprint density at radius 3 is 2.10 bits per heavy atom. The van der Waals surface area contributed by atoms with E-state index in [1.54, 1.807) is 4.98 Å². The number of halogens is 6. The van der Waals surface area contributed by atoms with Gasteiger partial charge in [0.15, 0.2) is 0 Å². The number of aromatic nitrogens is 2. The van der Waals surface area contributed by atoms with Gasteiger partial charge in [-0.1, -0.05) is 18.2 Å². The van der Waals surface area contributed by atoms with Crippen LogP contribution >= 0.6 is 0 Å². The smallest absolute Gasteiger partial charge is 0.433 e. The van der Waals surface area contributed by atoms with Crippen molar-refractivity contribution in [2.45, 2.75) is 19.0 Å². The Bertz CT molecular complexity index is 1040. The van der Waals surface area contributed by atoms with E-state index in [0.29, 0.717) is 11.3 Å². The highest BCUT2D eigenvalue weighted by Crippen LogP contribution is 2.35. The minimum Gasteiger partial charge on any atom is -0.489 e. The molecule has 0 aliphatic carbocycles. The van der Waals surface area contributed by atoms with Crippen molar-refractivity contribution in [1.82, 2.24) is 9.97 Å². The van der Waals surface area contributed by atoms with Crippen LogP contribution in [-0.2, 0) is 19.0 Å². The van der Waals surface area contributed by atoms with E-state index in [-0.39, 0.29) is 17.7 Å². The topological polar surface area (TPSA) is 55.0 Å². The fraction of sp³-hybridized carbons (Fsp3) is 0.158. The quantitative estimate of drug-likeness (QED) is 0.608. The third-order valence-corrected chi connectivity index (χ3v) is 3.89. The summed E-state index contributed by atoms with van der Waals surface area (Å²) in [5.74, 6) is 0.298. The molecule has 2 heterocycles. The monoisotopic (exact) mass is 414 g/mol. The van der Waals surface area contributed by atoms with Gasteiger partial charge in [0, 0.05) is 23.4 Å². The summed E-state index contributed by atoms with van der Waals surface area (Å²) in [4.78, 5) is 16.3. The molecule has 0 aliphatic rings. The van der Waals surface area contributed by atoms with Crippen molar-refractivity contribution in [1.29, 1.82) is 0 Å². The van der Waals surface area contributed by atoms with Crippen molar-refractivity contribution in [2.75, 3.05) is 0 Å². The minimum atomic E-state index is -4.74. The van der Waals surface area contributed by atoms with Crippen LogP contribution in [0.5, 0.6) is 5.75 Å². The molecule has 4 nitrogen and oxygen atoms in total. The Morgan fingerprint density at radius 2 is 1.55 bits per heavy atom. The Morgan fingerprint density at radius 1 is 0.862 bits per heavy atom. The first-order valence-corrected chi connectivity index (χ1v) is 8.10. The van der Waals surface area contributed by atoms with E-state index in [9.17, 15) is 31.1 Å². The molecule has 2 aromatic heterocycles. The minimum absolute atomic E-state index is 0.0725. The van der Waals surface area contributed by atoms with Gasteiger partial charge in [-0.25, -0.2) is 0 Å². The maximum absolute atomic E-state index is 13.1. The van der Waals surface area contributed by atoms with E-state index >= 15 is 0 Å². The SMILES string of the molecule is O=c1ccc(-c2ccc(OCc3ccc(C(F)(F)F)nc3)cc2)c(C(F)(F)F)[nH]1. The van der Waals surface area contributed by atoms with Crippen molar-refractivity contribution in [3.63, 3.8) is 0 Å². The first-order chi connectivity index (χ1) is 13.5. The number of aromatic amines is 1. The predicted octanol–water partition coefficient (Wildman–Crippen LogP) is 5.05. The number of hydrogen-bond acceptors (Lipinski definition) is 3. The van der Waals surface area contributed by atoms with Gasteiger partial charge in [-0.2, -0.15) is 26.3 Å². The standard InChI is InChI=1S/C19H12F6N2O2/c20-18(21,22)15-7-1-11(9-26-15)10-29-13-4-2-12(3-5-13)14-6-8-16(28)27-17(14)19(23,24)25/h1-9H,10H2,(H,27,28). The van der Waals surface area contributed by atoms with Gasteiger partial charge in [0.1, 0.15) is 23.7 Å². The number of rotatable bonds is 4. The highest BCUT2D eigenvalue weighted by atomic mass is 19.4. The molecule has 1 aromatic carbocycles. The summed E-state index contributed by atoms with van der Waals surface area (Å²) >= 11 is 0. The number of ether oxygens (including phenoxy) is 1. The zero-order chi connectivity index (χ0) is 21.2. The van der Waals surface area contributed by atoms with Crippen LogP contribution in [-0.4, -0.2) is 9.97 Å². The van der Waals surface area contributed by atoms with E-state index in [1.807, 2.05) is 0 Å². The molecule has 10 heteroatoms. The fourth-order valence-corrected chi connectivity index (χ4v) is 2.51. The molecule has 3 aromatic rings. The van der Waals surface area contributed by atoms with Gasteiger partial charge in [0.05, 0.1) is 0 Å². The average molecular weight is 414 g/mol. The first kappa shape index (κ1) is 20.4. The highest BCUT2D eigenvalue weighted by Gasteiger charge is 2.35. The lowest BCUT2D eigenvalue weighted by Gasteiger charge is -2.13. The number of pyridine rings is 2. The van der Waals surface area contributed by atoms with Crippen LogP contribution in [0.15, 0.2) is 59.5 Å². The molecule has 0 radical (unpaired) electrons. The van der Waals surface area contributed by atoms with Crippen LogP contribution < -0.4 is 10.3 Å². The van der Waals surface area contributed by atoms with E-state index in [4.69, 9.17) is 4.74 Å². The van der Waals surface area contributed by atoms with E-state index in [2.05, 4.69) is 4.98 Å². The molecule has 3 rings (SSSR count). The Balaban J connectivity index is 1.74. The molecular formula is C19H12F6N2O2. The van der Waals surface area contributed by atoms with E-state index in [1.165, 1.54) is 30.3 Å². The molecule has 0 unspecified atom stereocenters. The third-order valence-electron chi connectivity index (χ3n) is 3.89. The van der Waals surface area contributed by atoms with Crippen molar-refractivity contribution in [2.24, 2.45) is 0 Å². The van der Waals surface area contributed by atoms with Crippen LogP contribution in [0.3, 0.4) is 0 Å². The van der Waals surface area contributed by atoms with Crippen LogP contribution in [0.4, 0.5) is 26.3 Å². The number of nitrogens with one attached hydrogen (secondary N) is 1. The van der Waals surface area contributed by atoms with Crippen LogP contribution in [0, 0.1) is 0 Å². The Kier molecular flexibility index (Phi) is 5.36. The molecule has 0 saturated heterocycles. The molecule has 152 valence electrons. The summed E-state index contributed by atoms with van der Waals surface area (Å²) in [5.41, 5.74) is -2.65. The van der Waals surface area contributed by atoms with Crippen LogP contribution in [0.25, 0.3) is 11.1 Å². The summed E-state index contributed by atoms with van der Waals surface area (Å²) in [5, 5.41) is 0. The van der Waals surface area contributed by atoms with Crippen molar-refractivity contribution in [3.8, 4) is 16.9 Å². The van der Waals surface area contributed by atoms with Gasteiger partial charge in [-0.05, 0) is 29.8 Å². The van der Waals surface area contributed by atoms with E-state index < -0.39 is 29.3 Å². The summed E-state index contributed by atoms with van der Waals surface area (Å²) in [6.45, 7) is -0.0725. The second-order valence-corrected chi connectivity index (χ2v) is 5.97. The molecule has 0 bridgehead atoms. The van der Waals surface area contributed by atoms with Crippen molar-refractivity contribution in [3.05, 3.63) is 82.0 Å². The molecule has 1 N–H and O–H groups in total. The lowest BCUT2D eigenvalue weighted by Crippen LogP contribution is -2.17. The number of H-pyrrole nitrogens is 1. The first-order valence-electron chi connectivity index (χ1n) is 8.10. The molecule has 29 heavy (non-hydrogen) atoms. The highest BCUT2D eigenvalue weighted by molar-refractivity contribution is 5.67. The van der Waals surface area contributed by atoms with Gasteiger partial charge in [-0.3, -0.25) is 9.78 Å². The molecule has 0 spiro atoms. The zero-order valence-corrected chi connectivity index (χ0v) is 14.4. The lowest BCUT2D eigenvalue weighted by molar-refractivity contribution is -0.141. The Labute approximate surface area is 159 Å². The summed E-state index contributed by atoms with van der Waals surface area (Å²) in [6, 6.07) is 9.71. The average Bonchev–Trinajstić information content (AvgIpc) is 2.66. The normalized spacial score (nSPS) is 12.1. The number of hydrogen-bond donors (Lipinski definition) is 1. The molecule has 0 amide bonds. The van der Waals surface area contributed by atoms with Gasteiger partial charge in [0.25, 0.3) is 0 Å². The fourth-order valence-electron chi connectivity index (χ4n) is 2.51. The van der Waals surface area contributed by atoms with E-state index in [0.717, 1.165) is 24.4 Å². The van der Waals surface area contributed by atoms with Crippen LogP contribution in [0.1, 0.15) is 17.0 Å². The molecule has 0 aliphatic heterocycles. The third kappa shape index (κ3) is 4.95.